The fourth-order valence-corrected chi connectivity index (χ4v) is 3.74. The lowest BCUT2D eigenvalue weighted by atomic mass is 10.1. The van der Waals surface area contributed by atoms with Gasteiger partial charge in [0.05, 0.1) is 7.11 Å². The molecule has 6 heteroatoms. The van der Waals surface area contributed by atoms with Gasteiger partial charge >= 0.3 is 0 Å². The van der Waals surface area contributed by atoms with Gasteiger partial charge in [-0.1, -0.05) is 12.1 Å². The van der Waals surface area contributed by atoms with Gasteiger partial charge in [0, 0.05) is 6.04 Å². The molecule has 0 spiro atoms. The summed E-state index contributed by atoms with van der Waals surface area (Å²) in [6.07, 6.45) is 2.66. The molecule has 0 saturated carbocycles. The van der Waals surface area contributed by atoms with Crippen LogP contribution < -0.4 is 14.8 Å². The van der Waals surface area contributed by atoms with Crippen LogP contribution in [0.2, 0.25) is 0 Å². The van der Waals surface area contributed by atoms with Gasteiger partial charge in [-0.25, -0.2) is 13.1 Å². The second kappa shape index (κ2) is 6.36. The lowest BCUT2D eigenvalue weighted by Gasteiger charge is -2.17. The summed E-state index contributed by atoms with van der Waals surface area (Å²) in [6.45, 7) is 1.80. The maximum absolute atomic E-state index is 12.4. The second-order valence-electron chi connectivity index (χ2n) is 4.65. The molecular weight excluding hydrogens is 264 g/mol. The number of para-hydroxylation sites is 1. The van der Waals surface area contributed by atoms with Crippen LogP contribution in [0.3, 0.4) is 0 Å². The first-order chi connectivity index (χ1) is 9.13. The van der Waals surface area contributed by atoms with Crippen LogP contribution in [0.25, 0.3) is 0 Å². The Morgan fingerprint density at radius 2 is 2.05 bits per heavy atom. The van der Waals surface area contributed by atoms with Crippen LogP contribution >= 0.6 is 0 Å². The van der Waals surface area contributed by atoms with Crippen molar-refractivity contribution < 1.29 is 13.2 Å². The number of hydrogen-bond donors (Lipinski definition) is 2. The molecule has 1 fully saturated rings. The van der Waals surface area contributed by atoms with Crippen LogP contribution in [0.4, 0.5) is 0 Å². The molecule has 2 N–H and O–H groups in total. The molecular formula is C13H20N2O3S. The minimum absolute atomic E-state index is 0.00934. The second-order valence-corrected chi connectivity index (χ2v) is 6.33. The zero-order valence-corrected chi connectivity index (χ0v) is 11.9. The molecule has 19 heavy (non-hydrogen) atoms. The SMILES string of the molecule is COc1ccccc1S(=O)(=O)NC1CCCNCC1. The molecule has 1 aliphatic heterocycles. The summed E-state index contributed by atoms with van der Waals surface area (Å²) in [5.74, 6) is 0.377. The molecule has 1 aliphatic rings. The van der Waals surface area contributed by atoms with Gasteiger partial charge in [0.25, 0.3) is 0 Å². The first-order valence-electron chi connectivity index (χ1n) is 6.49. The Morgan fingerprint density at radius 3 is 2.84 bits per heavy atom. The normalized spacial score (nSPS) is 20.8. The smallest absolute Gasteiger partial charge is 0.244 e. The highest BCUT2D eigenvalue weighted by Gasteiger charge is 2.23. The molecule has 106 valence electrons. The Hall–Kier alpha value is -1.11. The predicted molar refractivity (Wildman–Crippen MR) is 73.8 cm³/mol. The Kier molecular flexibility index (Phi) is 4.79. The van der Waals surface area contributed by atoms with Crippen molar-refractivity contribution in [3.63, 3.8) is 0 Å². The van der Waals surface area contributed by atoms with E-state index in [0.717, 1.165) is 32.4 Å². The standard InChI is InChI=1S/C13H20N2O3S/c1-18-12-6-2-3-7-13(12)19(16,17)15-11-5-4-9-14-10-8-11/h2-3,6-7,11,14-15H,4-5,8-10H2,1H3. The molecule has 5 nitrogen and oxygen atoms in total. The number of ether oxygens (including phenoxy) is 1. The molecule has 1 saturated heterocycles. The lowest BCUT2D eigenvalue weighted by Crippen LogP contribution is -2.35. The van der Waals surface area contributed by atoms with Crippen molar-refractivity contribution in [2.75, 3.05) is 20.2 Å². The fourth-order valence-electron chi connectivity index (χ4n) is 2.26. The van der Waals surface area contributed by atoms with Crippen molar-refractivity contribution in [3.8, 4) is 5.75 Å². The molecule has 1 heterocycles. The number of sulfonamides is 1. The number of rotatable bonds is 4. The molecule has 0 radical (unpaired) electrons. The Bertz CT molecular complexity index is 508. The summed E-state index contributed by atoms with van der Waals surface area (Å²) in [5.41, 5.74) is 0. The van der Waals surface area contributed by atoms with Crippen molar-refractivity contribution in [2.24, 2.45) is 0 Å². The van der Waals surface area contributed by atoms with E-state index in [1.165, 1.54) is 7.11 Å². The van der Waals surface area contributed by atoms with Gasteiger partial charge in [0.2, 0.25) is 10.0 Å². The highest BCUT2D eigenvalue weighted by molar-refractivity contribution is 7.89. The van der Waals surface area contributed by atoms with Gasteiger partial charge in [0.15, 0.2) is 0 Å². The van der Waals surface area contributed by atoms with Crippen LogP contribution in [-0.2, 0) is 10.0 Å². The van der Waals surface area contributed by atoms with Crippen molar-refractivity contribution in [1.29, 1.82) is 0 Å². The quantitative estimate of drug-likeness (QED) is 0.869. The number of nitrogens with one attached hydrogen (secondary N) is 2. The van der Waals surface area contributed by atoms with Crippen molar-refractivity contribution in [1.82, 2.24) is 10.0 Å². The zero-order valence-electron chi connectivity index (χ0n) is 11.1. The molecule has 1 atom stereocenters. The maximum atomic E-state index is 12.4. The molecule has 0 bridgehead atoms. The predicted octanol–water partition coefficient (Wildman–Crippen LogP) is 1.12. The third kappa shape index (κ3) is 3.68. The van der Waals surface area contributed by atoms with Gasteiger partial charge in [-0.05, 0) is 44.5 Å². The van der Waals surface area contributed by atoms with Crippen LogP contribution in [0.1, 0.15) is 19.3 Å². The van der Waals surface area contributed by atoms with Crippen molar-refractivity contribution in [3.05, 3.63) is 24.3 Å². The highest BCUT2D eigenvalue weighted by atomic mass is 32.2. The van der Waals surface area contributed by atoms with Gasteiger partial charge < -0.3 is 10.1 Å². The topological polar surface area (TPSA) is 67.4 Å². The van der Waals surface area contributed by atoms with Gasteiger partial charge in [0.1, 0.15) is 10.6 Å². The molecule has 0 amide bonds. The summed E-state index contributed by atoms with van der Waals surface area (Å²) in [4.78, 5) is 0.203. The van der Waals surface area contributed by atoms with Crippen molar-refractivity contribution >= 4 is 10.0 Å². The van der Waals surface area contributed by atoms with Crippen molar-refractivity contribution in [2.45, 2.75) is 30.2 Å². The molecule has 2 rings (SSSR count). The Labute approximate surface area is 114 Å². The maximum Gasteiger partial charge on any atom is 0.244 e. The van der Waals surface area contributed by atoms with Crippen LogP contribution in [0, 0.1) is 0 Å². The summed E-state index contributed by atoms with van der Waals surface area (Å²) in [6, 6.07) is 6.67. The van der Waals surface area contributed by atoms with E-state index in [4.69, 9.17) is 4.74 Å². The molecule has 1 aromatic carbocycles. The van der Waals surface area contributed by atoms with Gasteiger partial charge in [-0.3, -0.25) is 0 Å². The fraction of sp³-hybridized carbons (Fsp3) is 0.538. The van der Waals surface area contributed by atoms with Crippen LogP contribution in [-0.4, -0.2) is 34.7 Å². The van der Waals surface area contributed by atoms with E-state index >= 15 is 0 Å². The average molecular weight is 284 g/mol. The summed E-state index contributed by atoms with van der Waals surface area (Å²) in [5, 5.41) is 3.27. The van der Waals surface area contributed by atoms with E-state index in [1.807, 2.05) is 0 Å². The molecule has 0 aliphatic carbocycles. The monoisotopic (exact) mass is 284 g/mol. The number of benzene rings is 1. The van der Waals surface area contributed by atoms with E-state index in [-0.39, 0.29) is 10.9 Å². The van der Waals surface area contributed by atoms with Crippen LogP contribution in [0.5, 0.6) is 5.75 Å². The number of methoxy groups -OCH3 is 1. The largest absolute Gasteiger partial charge is 0.495 e. The van der Waals surface area contributed by atoms with E-state index < -0.39 is 10.0 Å². The first kappa shape index (κ1) is 14.3. The number of hydrogen-bond acceptors (Lipinski definition) is 4. The third-order valence-electron chi connectivity index (χ3n) is 3.26. The minimum atomic E-state index is -3.52. The van der Waals surface area contributed by atoms with Crippen LogP contribution in [0.15, 0.2) is 29.2 Å². The van der Waals surface area contributed by atoms with Gasteiger partial charge in [-0.15, -0.1) is 0 Å². The van der Waals surface area contributed by atoms with E-state index in [1.54, 1.807) is 24.3 Å². The average Bonchev–Trinajstić information content (AvgIpc) is 2.67. The first-order valence-corrected chi connectivity index (χ1v) is 7.98. The zero-order chi connectivity index (χ0) is 13.7. The lowest BCUT2D eigenvalue weighted by molar-refractivity contribution is 0.401. The minimum Gasteiger partial charge on any atom is -0.495 e. The summed E-state index contributed by atoms with van der Waals surface area (Å²) >= 11 is 0. The Balaban J connectivity index is 2.17. The summed E-state index contributed by atoms with van der Waals surface area (Å²) < 4.78 is 32.7. The van der Waals surface area contributed by atoms with E-state index in [2.05, 4.69) is 10.0 Å². The van der Waals surface area contributed by atoms with Gasteiger partial charge in [-0.2, -0.15) is 0 Å². The Morgan fingerprint density at radius 1 is 1.26 bits per heavy atom. The third-order valence-corrected chi connectivity index (χ3v) is 4.82. The van der Waals surface area contributed by atoms with E-state index in [0.29, 0.717) is 5.75 Å². The van der Waals surface area contributed by atoms with E-state index in [9.17, 15) is 8.42 Å². The molecule has 0 aromatic heterocycles. The molecule has 1 aromatic rings. The summed E-state index contributed by atoms with van der Waals surface area (Å²) in [7, 11) is -2.05. The highest BCUT2D eigenvalue weighted by Crippen LogP contribution is 2.23. The molecule has 1 unspecified atom stereocenters.